The maximum Gasteiger partial charge on any atom is 0.323 e. The second-order valence-electron chi connectivity index (χ2n) is 3.80. The van der Waals surface area contributed by atoms with Crippen LogP contribution in [0.3, 0.4) is 0 Å². The molecule has 0 saturated heterocycles. The number of urea groups is 1. The molecule has 2 rings (SSSR count). The molecule has 0 unspecified atom stereocenters. The molecule has 0 heterocycles. The van der Waals surface area contributed by atoms with Crippen LogP contribution in [-0.2, 0) is 0 Å². The van der Waals surface area contributed by atoms with Crippen LogP contribution in [0.15, 0.2) is 36.4 Å². The van der Waals surface area contributed by atoms with Crippen molar-refractivity contribution in [3.63, 3.8) is 0 Å². The third-order valence-corrected chi connectivity index (χ3v) is 3.26. The Balaban J connectivity index is 2.15. The summed E-state index contributed by atoms with van der Waals surface area (Å²) in [5.74, 6) is -0.634. The van der Waals surface area contributed by atoms with Gasteiger partial charge in [-0.1, -0.05) is 40.9 Å². The van der Waals surface area contributed by atoms with E-state index in [9.17, 15) is 9.18 Å². The van der Waals surface area contributed by atoms with Gasteiger partial charge in [0.05, 0.1) is 21.4 Å². The number of carbonyl (C=O) groups is 1. The third kappa shape index (κ3) is 3.54. The lowest BCUT2D eigenvalue weighted by Gasteiger charge is -2.11. The zero-order valence-electron chi connectivity index (χ0n) is 9.88. The van der Waals surface area contributed by atoms with Gasteiger partial charge in [0.2, 0.25) is 0 Å². The van der Waals surface area contributed by atoms with Gasteiger partial charge in [-0.15, -0.1) is 0 Å². The molecule has 0 spiro atoms. The molecule has 104 valence electrons. The molecule has 0 fully saturated rings. The maximum absolute atomic E-state index is 13.5. The number of anilines is 2. The minimum absolute atomic E-state index is 0.0948. The highest BCUT2D eigenvalue weighted by molar-refractivity contribution is 6.36. The number of nitrogens with one attached hydrogen (secondary N) is 2. The van der Waals surface area contributed by atoms with E-state index in [0.717, 1.165) is 0 Å². The van der Waals surface area contributed by atoms with Crippen LogP contribution in [-0.4, -0.2) is 6.03 Å². The van der Waals surface area contributed by atoms with Gasteiger partial charge < -0.3 is 10.6 Å². The van der Waals surface area contributed by atoms with Crippen molar-refractivity contribution >= 4 is 52.2 Å². The van der Waals surface area contributed by atoms with E-state index in [1.54, 1.807) is 6.07 Å². The third-order valence-electron chi connectivity index (χ3n) is 2.38. The standard InChI is InChI=1S/C13H8Cl3FN2O/c14-7-4-5-8(15)11(6-7)18-13(20)19-12-9(16)2-1-3-10(12)17/h1-6H,(H2,18,19,20). The molecule has 2 aromatic rings. The van der Waals surface area contributed by atoms with Crippen LogP contribution in [0.1, 0.15) is 0 Å². The van der Waals surface area contributed by atoms with Crippen molar-refractivity contribution in [3.05, 3.63) is 57.3 Å². The molecular formula is C13H8Cl3FN2O. The van der Waals surface area contributed by atoms with Gasteiger partial charge in [-0.25, -0.2) is 9.18 Å². The molecule has 0 aromatic heterocycles. The summed E-state index contributed by atoms with van der Waals surface area (Å²) < 4.78 is 13.5. The largest absolute Gasteiger partial charge is 0.323 e. The fourth-order valence-corrected chi connectivity index (χ4v) is 2.02. The zero-order valence-corrected chi connectivity index (χ0v) is 12.2. The molecule has 0 aliphatic heterocycles. The molecule has 2 amide bonds. The minimum atomic E-state index is -0.679. The lowest BCUT2D eigenvalue weighted by atomic mass is 10.3. The number of amides is 2. The Labute approximate surface area is 129 Å². The second-order valence-corrected chi connectivity index (χ2v) is 5.05. The molecule has 0 bridgehead atoms. The van der Waals surface area contributed by atoms with Crippen molar-refractivity contribution in [2.45, 2.75) is 0 Å². The van der Waals surface area contributed by atoms with E-state index in [1.807, 2.05) is 0 Å². The molecule has 0 aliphatic carbocycles. The topological polar surface area (TPSA) is 41.1 Å². The summed E-state index contributed by atoms with van der Waals surface area (Å²) in [6, 6.07) is 8.01. The Bertz CT molecular complexity index is 644. The molecule has 0 saturated carbocycles. The van der Waals surface area contributed by atoms with Crippen molar-refractivity contribution < 1.29 is 9.18 Å². The van der Waals surface area contributed by atoms with E-state index in [-0.39, 0.29) is 10.7 Å². The maximum atomic E-state index is 13.5. The Hall–Kier alpha value is -1.49. The monoisotopic (exact) mass is 332 g/mol. The summed E-state index contributed by atoms with van der Waals surface area (Å²) >= 11 is 17.5. The van der Waals surface area contributed by atoms with E-state index in [1.165, 1.54) is 30.3 Å². The predicted octanol–water partition coefficient (Wildman–Crippen LogP) is 5.43. The molecule has 3 nitrogen and oxygen atoms in total. The lowest BCUT2D eigenvalue weighted by molar-refractivity contribution is 0.262. The van der Waals surface area contributed by atoms with Gasteiger partial charge in [-0.05, 0) is 30.3 Å². The Kier molecular flexibility index (Phi) is 4.70. The minimum Gasteiger partial charge on any atom is -0.306 e. The van der Waals surface area contributed by atoms with E-state index in [4.69, 9.17) is 34.8 Å². The van der Waals surface area contributed by atoms with Gasteiger partial charge in [-0.2, -0.15) is 0 Å². The van der Waals surface area contributed by atoms with Crippen LogP contribution < -0.4 is 10.6 Å². The average molecular weight is 334 g/mol. The first kappa shape index (κ1) is 14.9. The van der Waals surface area contributed by atoms with Crippen molar-refractivity contribution in [2.75, 3.05) is 10.6 Å². The smallest absolute Gasteiger partial charge is 0.306 e. The fraction of sp³-hybridized carbons (Fsp3) is 0. The van der Waals surface area contributed by atoms with E-state index < -0.39 is 11.8 Å². The highest BCUT2D eigenvalue weighted by atomic mass is 35.5. The van der Waals surface area contributed by atoms with Gasteiger partial charge in [0.1, 0.15) is 5.82 Å². The molecule has 2 aromatic carbocycles. The SMILES string of the molecule is O=C(Nc1cc(Cl)ccc1Cl)Nc1c(F)cccc1Cl. The average Bonchev–Trinajstić information content (AvgIpc) is 2.38. The first-order valence-electron chi connectivity index (χ1n) is 5.44. The van der Waals surface area contributed by atoms with Gasteiger partial charge in [-0.3, -0.25) is 0 Å². The predicted molar refractivity (Wildman–Crippen MR) is 80.5 cm³/mol. The summed E-state index contributed by atoms with van der Waals surface area (Å²) in [6.07, 6.45) is 0. The van der Waals surface area contributed by atoms with Gasteiger partial charge in [0.25, 0.3) is 0 Å². The molecule has 0 radical (unpaired) electrons. The van der Waals surface area contributed by atoms with Gasteiger partial charge in [0.15, 0.2) is 0 Å². The van der Waals surface area contributed by atoms with Gasteiger partial charge in [0, 0.05) is 5.02 Å². The van der Waals surface area contributed by atoms with Crippen molar-refractivity contribution in [1.82, 2.24) is 0 Å². The summed E-state index contributed by atoms with van der Waals surface area (Å²) in [6.45, 7) is 0. The number of benzene rings is 2. The fourth-order valence-electron chi connectivity index (χ4n) is 1.48. The van der Waals surface area contributed by atoms with Crippen LogP contribution >= 0.6 is 34.8 Å². The molecular weight excluding hydrogens is 326 g/mol. The molecule has 0 aliphatic rings. The van der Waals surface area contributed by atoms with Crippen LogP contribution in [0.2, 0.25) is 15.1 Å². The number of halogens is 4. The molecule has 0 atom stereocenters. The normalized spacial score (nSPS) is 10.2. The van der Waals surface area contributed by atoms with Crippen molar-refractivity contribution in [1.29, 1.82) is 0 Å². The number of para-hydroxylation sites is 1. The Morgan fingerprint density at radius 3 is 2.45 bits per heavy atom. The molecule has 7 heteroatoms. The second kappa shape index (κ2) is 6.31. The number of hydrogen-bond acceptors (Lipinski definition) is 1. The Morgan fingerprint density at radius 1 is 1.00 bits per heavy atom. The lowest BCUT2D eigenvalue weighted by Crippen LogP contribution is -2.20. The molecule has 20 heavy (non-hydrogen) atoms. The summed E-state index contributed by atoms with van der Waals surface area (Å²) in [4.78, 5) is 11.8. The zero-order chi connectivity index (χ0) is 14.7. The van der Waals surface area contributed by atoms with Gasteiger partial charge >= 0.3 is 6.03 Å². The van der Waals surface area contributed by atoms with Crippen LogP contribution in [0.5, 0.6) is 0 Å². The number of hydrogen-bond donors (Lipinski definition) is 2. The highest BCUT2D eigenvalue weighted by Crippen LogP contribution is 2.27. The van der Waals surface area contributed by atoms with Crippen molar-refractivity contribution in [2.24, 2.45) is 0 Å². The quantitative estimate of drug-likeness (QED) is 0.756. The van der Waals surface area contributed by atoms with E-state index >= 15 is 0 Å². The summed E-state index contributed by atoms with van der Waals surface area (Å²) in [7, 11) is 0. The first-order chi connectivity index (χ1) is 9.47. The van der Waals surface area contributed by atoms with E-state index in [0.29, 0.717) is 15.7 Å². The number of carbonyl (C=O) groups excluding carboxylic acids is 1. The summed E-state index contributed by atoms with van der Waals surface area (Å²) in [5.41, 5.74) is 0.203. The van der Waals surface area contributed by atoms with Crippen LogP contribution in [0, 0.1) is 5.82 Å². The molecule has 2 N–H and O–H groups in total. The van der Waals surface area contributed by atoms with Crippen LogP contribution in [0.25, 0.3) is 0 Å². The Morgan fingerprint density at radius 2 is 1.75 bits per heavy atom. The summed E-state index contributed by atoms with van der Waals surface area (Å²) in [5, 5.41) is 5.59. The number of rotatable bonds is 2. The van der Waals surface area contributed by atoms with Crippen LogP contribution in [0.4, 0.5) is 20.6 Å². The highest BCUT2D eigenvalue weighted by Gasteiger charge is 2.12. The van der Waals surface area contributed by atoms with E-state index in [2.05, 4.69) is 10.6 Å². The first-order valence-corrected chi connectivity index (χ1v) is 6.58. The van der Waals surface area contributed by atoms with Crippen molar-refractivity contribution in [3.8, 4) is 0 Å².